The number of nitrogens with two attached hydrogens (primary N) is 1. The van der Waals surface area contributed by atoms with Crippen molar-refractivity contribution in [2.75, 3.05) is 0 Å². The molecule has 0 saturated carbocycles. The summed E-state index contributed by atoms with van der Waals surface area (Å²) >= 11 is 6.51. The van der Waals surface area contributed by atoms with Crippen LogP contribution in [0.1, 0.15) is 31.0 Å². The van der Waals surface area contributed by atoms with Gasteiger partial charge in [0.2, 0.25) is 5.91 Å². The van der Waals surface area contributed by atoms with Gasteiger partial charge in [0.05, 0.1) is 27.6 Å². The molecule has 1 rings (SSSR count). The maximum absolute atomic E-state index is 12.0. The van der Waals surface area contributed by atoms with Crippen LogP contribution in [0.2, 0.25) is 0 Å². The lowest BCUT2D eigenvalue weighted by Gasteiger charge is -2.25. The largest absolute Gasteiger partial charge is 0.392 e. The number of aryl methyl sites for hydroxylation is 1. The summed E-state index contributed by atoms with van der Waals surface area (Å²) in [4.78, 5) is 16.5. The first-order valence-corrected chi connectivity index (χ1v) is 6.68. The lowest BCUT2D eigenvalue weighted by molar-refractivity contribution is -0.127. The third-order valence-electron chi connectivity index (χ3n) is 2.85. The van der Waals surface area contributed by atoms with Crippen LogP contribution in [0.25, 0.3) is 0 Å². The topological polar surface area (TPSA) is 68.0 Å². The van der Waals surface area contributed by atoms with E-state index in [4.69, 9.17) is 18.0 Å². The van der Waals surface area contributed by atoms with Gasteiger partial charge in [-0.05, 0) is 20.3 Å². The number of thiocarbonyl (C=S) groups is 1. The number of carbonyl (C=O) groups is 1. The number of amides is 1. The van der Waals surface area contributed by atoms with E-state index in [1.807, 2.05) is 19.2 Å². The van der Waals surface area contributed by atoms with E-state index in [0.29, 0.717) is 13.0 Å². The lowest BCUT2D eigenvalue weighted by atomic mass is 9.86. The van der Waals surface area contributed by atoms with E-state index in [1.54, 1.807) is 18.3 Å². The summed E-state index contributed by atoms with van der Waals surface area (Å²) in [5, 5.41) is 5.74. The maximum atomic E-state index is 12.0. The summed E-state index contributed by atoms with van der Waals surface area (Å²) < 4.78 is 0. The Labute approximate surface area is 111 Å². The maximum Gasteiger partial charge on any atom is 0.233 e. The van der Waals surface area contributed by atoms with Gasteiger partial charge < -0.3 is 11.1 Å². The molecule has 4 nitrogen and oxygen atoms in total. The van der Waals surface area contributed by atoms with E-state index in [-0.39, 0.29) is 10.9 Å². The average Bonchev–Trinajstić information content (AvgIpc) is 2.70. The number of hydrogen-bond donors (Lipinski definition) is 2. The number of thiazole rings is 1. The molecule has 94 valence electrons. The Morgan fingerprint density at radius 2 is 2.35 bits per heavy atom. The van der Waals surface area contributed by atoms with Gasteiger partial charge in [0.1, 0.15) is 0 Å². The second-order valence-corrected chi connectivity index (χ2v) is 5.59. The van der Waals surface area contributed by atoms with Crippen LogP contribution in [0.5, 0.6) is 0 Å². The summed E-state index contributed by atoms with van der Waals surface area (Å²) in [5.41, 5.74) is 5.70. The van der Waals surface area contributed by atoms with Gasteiger partial charge in [0, 0.05) is 5.38 Å². The van der Waals surface area contributed by atoms with Crippen molar-refractivity contribution in [3.8, 4) is 0 Å². The molecule has 0 spiro atoms. The summed E-state index contributed by atoms with van der Waals surface area (Å²) in [6.07, 6.45) is 0.588. The molecule has 0 aromatic carbocycles. The summed E-state index contributed by atoms with van der Waals surface area (Å²) in [7, 11) is 0. The van der Waals surface area contributed by atoms with E-state index >= 15 is 0 Å². The van der Waals surface area contributed by atoms with Gasteiger partial charge in [-0.25, -0.2) is 4.98 Å². The smallest absolute Gasteiger partial charge is 0.233 e. The molecule has 0 saturated heterocycles. The fraction of sp³-hybridized carbons (Fsp3) is 0.545. The minimum absolute atomic E-state index is 0.141. The van der Waals surface area contributed by atoms with Crippen LogP contribution in [0.3, 0.4) is 0 Å². The molecule has 1 amide bonds. The number of nitrogens with one attached hydrogen (secondary N) is 1. The van der Waals surface area contributed by atoms with E-state index in [1.165, 1.54) is 0 Å². The highest BCUT2D eigenvalue weighted by Gasteiger charge is 2.34. The molecular formula is C11H17N3OS2. The predicted molar refractivity (Wildman–Crippen MR) is 73.9 cm³/mol. The molecule has 1 atom stereocenters. The normalized spacial score (nSPS) is 14.1. The first-order chi connectivity index (χ1) is 7.90. The fourth-order valence-electron chi connectivity index (χ4n) is 1.30. The van der Waals surface area contributed by atoms with Crippen LogP contribution in [-0.4, -0.2) is 15.9 Å². The van der Waals surface area contributed by atoms with Crippen molar-refractivity contribution in [3.05, 3.63) is 16.1 Å². The minimum Gasteiger partial charge on any atom is -0.392 e. The quantitative estimate of drug-likeness (QED) is 0.801. The van der Waals surface area contributed by atoms with Crippen LogP contribution >= 0.6 is 23.6 Å². The second-order valence-electron chi connectivity index (χ2n) is 4.09. The summed E-state index contributed by atoms with van der Waals surface area (Å²) in [5.74, 6) is -0.141. The fourth-order valence-corrected chi connectivity index (χ4v) is 2.15. The molecule has 0 bridgehead atoms. The van der Waals surface area contributed by atoms with Gasteiger partial charge in [-0.2, -0.15) is 0 Å². The zero-order valence-corrected chi connectivity index (χ0v) is 11.9. The molecular weight excluding hydrogens is 254 g/mol. The number of rotatable bonds is 5. The van der Waals surface area contributed by atoms with Crippen LogP contribution in [0.4, 0.5) is 0 Å². The lowest BCUT2D eigenvalue weighted by Crippen LogP contribution is -2.46. The van der Waals surface area contributed by atoms with Gasteiger partial charge in [0.15, 0.2) is 0 Å². The number of nitrogens with zero attached hydrogens (tertiary/aromatic N) is 1. The predicted octanol–water partition coefficient (Wildman–Crippen LogP) is 1.77. The average molecular weight is 271 g/mol. The number of hydrogen-bond acceptors (Lipinski definition) is 4. The van der Waals surface area contributed by atoms with Gasteiger partial charge in [-0.1, -0.05) is 19.1 Å². The third-order valence-corrected chi connectivity index (χ3v) is 4.12. The van der Waals surface area contributed by atoms with E-state index in [9.17, 15) is 4.79 Å². The molecule has 1 heterocycles. The number of aromatic nitrogens is 1. The van der Waals surface area contributed by atoms with E-state index < -0.39 is 5.41 Å². The Morgan fingerprint density at radius 1 is 1.71 bits per heavy atom. The summed E-state index contributed by atoms with van der Waals surface area (Å²) in [6.45, 7) is 6.01. The zero-order chi connectivity index (χ0) is 13.1. The van der Waals surface area contributed by atoms with Crippen molar-refractivity contribution in [2.24, 2.45) is 11.1 Å². The molecule has 1 aromatic rings. The van der Waals surface area contributed by atoms with Crippen molar-refractivity contribution < 1.29 is 4.79 Å². The van der Waals surface area contributed by atoms with E-state index in [2.05, 4.69) is 10.3 Å². The Bertz CT molecular complexity index is 430. The SMILES string of the molecule is CCC(C)(C(=O)NCc1csc(C)n1)C(N)=S. The first-order valence-electron chi connectivity index (χ1n) is 5.39. The summed E-state index contributed by atoms with van der Waals surface area (Å²) in [6, 6.07) is 0. The van der Waals surface area contributed by atoms with Crippen molar-refractivity contribution in [2.45, 2.75) is 33.7 Å². The Balaban J connectivity index is 2.63. The van der Waals surface area contributed by atoms with Gasteiger partial charge in [-0.15, -0.1) is 11.3 Å². The Morgan fingerprint density at radius 3 is 2.76 bits per heavy atom. The zero-order valence-electron chi connectivity index (χ0n) is 10.2. The van der Waals surface area contributed by atoms with Crippen LogP contribution in [-0.2, 0) is 11.3 Å². The van der Waals surface area contributed by atoms with Crippen molar-refractivity contribution in [1.29, 1.82) is 0 Å². The van der Waals surface area contributed by atoms with Gasteiger partial charge >= 0.3 is 0 Å². The van der Waals surface area contributed by atoms with Crippen LogP contribution in [0, 0.1) is 12.3 Å². The molecule has 6 heteroatoms. The highest BCUT2D eigenvalue weighted by Crippen LogP contribution is 2.21. The Kier molecular flexibility index (Phi) is 4.59. The van der Waals surface area contributed by atoms with E-state index in [0.717, 1.165) is 10.7 Å². The molecule has 17 heavy (non-hydrogen) atoms. The van der Waals surface area contributed by atoms with Crippen LogP contribution in [0.15, 0.2) is 5.38 Å². The standard InChI is InChI=1S/C11H17N3OS2/c1-4-11(3,9(12)16)10(15)13-5-8-6-17-7(2)14-8/h6H,4-5H2,1-3H3,(H2,12,16)(H,13,15). The molecule has 0 fully saturated rings. The third kappa shape index (κ3) is 3.23. The molecule has 3 N–H and O–H groups in total. The van der Waals surface area contributed by atoms with Crippen molar-refractivity contribution >= 4 is 34.5 Å². The first kappa shape index (κ1) is 14.1. The highest BCUT2D eigenvalue weighted by molar-refractivity contribution is 7.80. The Hall–Kier alpha value is -1.01. The molecule has 1 unspecified atom stereocenters. The number of carbonyl (C=O) groups excluding carboxylic acids is 1. The minimum atomic E-state index is -0.777. The van der Waals surface area contributed by atoms with Gasteiger partial charge in [0.25, 0.3) is 0 Å². The van der Waals surface area contributed by atoms with Gasteiger partial charge in [-0.3, -0.25) is 4.79 Å². The second kappa shape index (κ2) is 5.55. The van der Waals surface area contributed by atoms with Crippen molar-refractivity contribution in [3.63, 3.8) is 0 Å². The monoisotopic (exact) mass is 271 g/mol. The van der Waals surface area contributed by atoms with Crippen molar-refractivity contribution in [1.82, 2.24) is 10.3 Å². The molecule has 0 aliphatic heterocycles. The molecule has 1 aromatic heterocycles. The van der Waals surface area contributed by atoms with Crippen LogP contribution < -0.4 is 11.1 Å². The molecule has 0 aliphatic rings. The molecule has 0 radical (unpaired) electrons. The molecule has 0 aliphatic carbocycles. The highest BCUT2D eigenvalue weighted by atomic mass is 32.1.